The Balaban J connectivity index is 1.93. The van der Waals surface area contributed by atoms with Crippen LogP contribution in [-0.2, 0) is 4.74 Å². The minimum atomic E-state index is -1.87. The Labute approximate surface area is 172 Å². The number of ether oxygens (including phenoxy) is 1. The molecule has 0 bridgehead atoms. The van der Waals surface area contributed by atoms with Crippen LogP contribution in [0.25, 0.3) is 0 Å². The lowest BCUT2D eigenvalue weighted by atomic mass is 9.41. The van der Waals surface area contributed by atoms with Gasteiger partial charge < -0.3 is 35.4 Å². The molecule has 7 nitrogen and oxygen atoms in total. The third-order valence-electron chi connectivity index (χ3n) is 9.63. The van der Waals surface area contributed by atoms with E-state index < -0.39 is 58.0 Å². The van der Waals surface area contributed by atoms with Crippen molar-refractivity contribution in [2.45, 2.75) is 101 Å². The highest BCUT2D eigenvalue weighted by Crippen LogP contribution is 2.70. The third kappa shape index (κ3) is 2.22. The van der Waals surface area contributed by atoms with E-state index in [1.54, 1.807) is 6.92 Å². The number of rotatable bonds is 2. The number of aliphatic hydroxyl groups is 6. The minimum absolute atomic E-state index is 0.0384. The van der Waals surface area contributed by atoms with Crippen molar-refractivity contribution >= 4 is 0 Å². The summed E-state index contributed by atoms with van der Waals surface area (Å²) in [4.78, 5) is 0. The van der Waals surface area contributed by atoms with Gasteiger partial charge in [-0.15, -0.1) is 0 Å². The summed E-state index contributed by atoms with van der Waals surface area (Å²) in [7, 11) is 1.47. The normalized spacial score (nSPS) is 58.1. The smallest absolute Gasteiger partial charge is 0.127 e. The first-order valence-corrected chi connectivity index (χ1v) is 10.8. The molecule has 0 saturated heterocycles. The lowest BCUT2D eigenvalue weighted by Gasteiger charge is -2.68. The average molecular weight is 413 g/mol. The van der Waals surface area contributed by atoms with Crippen LogP contribution in [0.2, 0.25) is 0 Å². The maximum absolute atomic E-state index is 12.3. The van der Waals surface area contributed by atoms with Crippen molar-refractivity contribution in [2.75, 3.05) is 7.11 Å². The topological polar surface area (TPSA) is 131 Å². The maximum atomic E-state index is 12.3. The predicted molar refractivity (Wildman–Crippen MR) is 105 cm³/mol. The minimum Gasteiger partial charge on any atom is -0.393 e. The highest BCUT2D eigenvalue weighted by Gasteiger charge is 2.82. The van der Waals surface area contributed by atoms with E-state index in [0.29, 0.717) is 19.3 Å². The molecular formula is C22H36O7. The number of methoxy groups -OCH3 is 1. The van der Waals surface area contributed by atoms with E-state index in [1.165, 1.54) is 14.0 Å². The first-order chi connectivity index (χ1) is 13.3. The summed E-state index contributed by atoms with van der Waals surface area (Å²) < 4.78 is 5.68. The molecule has 0 aromatic carbocycles. The summed E-state index contributed by atoms with van der Waals surface area (Å²) >= 11 is 0. The Kier molecular flexibility index (Phi) is 4.67. The van der Waals surface area contributed by atoms with Gasteiger partial charge in [0.2, 0.25) is 0 Å². The summed E-state index contributed by atoms with van der Waals surface area (Å²) in [5.74, 6) is -0.517. The quantitative estimate of drug-likeness (QED) is 0.359. The van der Waals surface area contributed by atoms with Crippen molar-refractivity contribution in [3.05, 3.63) is 11.6 Å². The van der Waals surface area contributed by atoms with E-state index in [4.69, 9.17) is 4.74 Å². The van der Waals surface area contributed by atoms with Gasteiger partial charge >= 0.3 is 0 Å². The van der Waals surface area contributed by atoms with Gasteiger partial charge in [-0.1, -0.05) is 25.5 Å². The van der Waals surface area contributed by atoms with Crippen molar-refractivity contribution in [2.24, 2.45) is 16.7 Å². The molecule has 0 heterocycles. The van der Waals surface area contributed by atoms with Crippen LogP contribution in [0.1, 0.15) is 59.3 Å². The number of aliphatic hydroxyl groups excluding tert-OH is 3. The lowest BCUT2D eigenvalue weighted by Crippen LogP contribution is -2.81. The van der Waals surface area contributed by atoms with Gasteiger partial charge in [-0.3, -0.25) is 0 Å². The van der Waals surface area contributed by atoms with Crippen LogP contribution in [-0.4, -0.2) is 79.0 Å². The van der Waals surface area contributed by atoms with Gasteiger partial charge in [0.1, 0.15) is 22.9 Å². The van der Waals surface area contributed by atoms with E-state index in [0.717, 1.165) is 5.57 Å². The molecule has 3 fully saturated rings. The Bertz CT molecular complexity index is 724. The summed E-state index contributed by atoms with van der Waals surface area (Å²) in [6.07, 6.45) is 0.164. The standard InChI is InChI=1S/C22H36O7/c1-12(23)20(26)7-8-21(27)19(20,3)16(25)11-15-18(2)6-5-14(24)9-13(18)10-17(29-4)22(15,21)28/h10,12,14-17,23-28H,5-9,11H2,1-4H3/t12-,14-,15-,16+,17+,18-,19+,20+,21+,22+/m0/s1. The molecule has 0 radical (unpaired) electrons. The van der Waals surface area contributed by atoms with Gasteiger partial charge in [-0.2, -0.15) is 0 Å². The molecule has 10 atom stereocenters. The third-order valence-corrected chi connectivity index (χ3v) is 9.63. The number of hydrogen-bond donors (Lipinski definition) is 6. The van der Waals surface area contributed by atoms with Crippen LogP contribution in [0.15, 0.2) is 11.6 Å². The average Bonchev–Trinajstić information content (AvgIpc) is 2.89. The first kappa shape index (κ1) is 21.7. The van der Waals surface area contributed by atoms with Crippen molar-refractivity contribution in [3.8, 4) is 0 Å². The maximum Gasteiger partial charge on any atom is 0.127 e. The summed E-state index contributed by atoms with van der Waals surface area (Å²) in [5, 5.41) is 67.6. The van der Waals surface area contributed by atoms with Crippen LogP contribution < -0.4 is 0 Å². The van der Waals surface area contributed by atoms with E-state index in [9.17, 15) is 30.6 Å². The van der Waals surface area contributed by atoms with Crippen LogP contribution in [0.5, 0.6) is 0 Å². The second-order valence-electron chi connectivity index (χ2n) is 10.5. The zero-order chi connectivity index (χ0) is 21.6. The highest BCUT2D eigenvalue weighted by molar-refractivity contribution is 5.39. The van der Waals surface area contributed by atoms with Crippen molar-refractivity contribution in [3.63, 3.8) is 0 Å². The van der Waals surface area contributed by atoms with Gasteiger partial charge in [0.05, 0.1) is 23.7 Å². The van der Waals surface area contributed by atoms with Crippen LogP contribution in [0.4, 0.5) is 0 Å². The summed E-state index contributed by atoms with van der Waals surface area (Å²) in [6, 6.07) is 0. The molecule has 0 spiro atoms. The largest absolute Gasteiger partial charge is 0.393 e. The van der Waals surface area contributed by atoms with Crippen LogP contribution in [0.3, 0.4) is 0 Å². The van der Waals surface area contributed by atoms with Gasteiger partial charge in [0.15, 0.2) is 0 Å². The fraction of sp³-hybridized carbons (Fsp3) is 0.909. The molecule has 3 saturated carbocycles. The monoisotopic (exact) mass is 412 g/mol. The summed E-state index contributed by atoms with van der Waals surface area (Å²) in [5.41, 5.74) is -6.42. The van der Waals surface area contributed by atoms with E-state index in [2.05, 4.69) is 0 Å². The SMILES string of the molecule is CO[C@@H]1C=C2C[C@@H](O)CC[C@]2(C)[C@@H]2C[C@@H](O)[C@@]3(C)[C@](O)(CC[C@@]3(O)[C@H](C)O)[C@@]21O. The van der Waals surface area contributed by atoms with Gasteiger partial charge in [0, 0.05) is 13.0 Å². The Morgan fingerprint density at radius 2 is 1.76 bits per heavy atom. The molecule has 0 aliphatic heterocycles. The lowest BCUT2D eigenvalue weighted by molar-refractivity contribution is -0.343. The second kappa shape index (κ2) is 6.25. The van der Waals surface area contributed by atoms with Gasteiger partial charge in [0.25, 0.3) is 0 Å². The van der Waals surface area contributed by atoms with E-state index in [-0.39, 0.29) is 19.3 Å². The van der Waals surface area contributed by atoms with E-state index >= 15 is 0 Å². The molecule has 4 rings (SSSR count). The van der Waals surface area contributed by atoms with Gasteiger partial charge in [-0.05, 0) is 50.9 Å². The molecule has 0 amide bonds. The Hall–Kier alpha value is -0.540. The summed E-state index contributed by atoms with van der Waals surface area (Å²) in [6.45, 7) is 5.06. The zero-order valence-corrected chi connectivity index (χ0v) is 17.8. The molecule has 7 heteroatoms. The van der Waals surface area contributed by atoms with Gasteiger partial charge in [-0.25, -0.2) is 0 Å². The Morgan fingerprint density at radius 1 is 1.10 bits per heavy atom. The molecule has 166 valence electrons. The van der Waals surface area contributed by atoms with Crippen LogP contribution >= 0.6 is 0 Å². The predicted octanol–water partition coefficient (Wildman–Crippen LogP) is 0.247. The van der Waals surface area contributed by atoms with Crippen molar-refractivity contribution in [1.82, 2.24) is 0 Å². The Morgan fingerprint density at radius 3 is 2.34 bits per heavy atom. The van der Waals surface area contributed by atoms with Crippen molar-refractivity contribution in [1.29, 1.82) is 0 Å². The van der Waals surface area contributed by atoms with Crippen LogP contribution in [0, 0.1) is 16.7 Å². The molecule has 0 aromatic rings. The first-order valence-electron chi connectivity index (χ1n) is 10.8. The molecule has 4 aliphatic carbocycles. The number of hydrogen-bond acceptors (Lipinski definition) is 7. The van der Waals surface area contributed by atoms with Crippen molar-refractivity contribution < 1.29 is 35.4 Å². The molecule has 4 aliphatic rings. The van der Waals surface area contributed by atoms with E-state index in [1.807, 2.05) is 13.0 Å². The molecular weight excluding hydrogens is 376 g/mol. The molecule has 0 aromatic heterocycles. The second-order valence-corrected chi connectivity index (χ2v) is 10.5. The number of fused-ring (bicyclic) bond motifs is 5. The fourth-order valence-corrected chi connectivity index (χ4v) is 7.61. The molecule has 0 unspecified atom stereocenters. The highest BCUT2D eigenvalue weighted by atomic mass is 16.5. The fourth-order valence-electron chi connectivity index (χ4n) is 7.61. The molecule has 6 N–H and O–H groups in total. The molecule has 29 heavy (non-hydrogen) atoms. The zero-order valence-electron chi connectivity index (χ0n) is 17.8.